The van der Waals surface area contributed by atoms with Gasteiger partial charge in [0.25, 0.3) is 0 Å². The zero-order valence-corrected chi connectivity index (χ0v) is 9.35. The van der Waals surface area contributed by atoms with E-state index < -0.39 is 18.1 Å². The fraction of sp³-hybridized carbons (Fsp3) is 0.750. The van der Waals surface area contributed by atoms with Gasteiger partial charge in [-0.25, -0.2) is 9.59 Å². The number of ether oxygens (including phenoxy) is 2. The Morgan fingerprint density at radius 2 is 2.00 bits per heavy atom. The van der Waals surface area contributed by atoms with Crippen molar-refractivity contribution in [2.75, 3.05) is 26.2 Å². The topological polar surface area (TPSA) is 64.6 Å². The normalized spacial score (nSPS) is 11.6. The summed E-state index contributed by atoms with van der Waals surface area (Å²) in [5.41, 5.74) is 0. The Labute approximate surface area is 87.5 Å². The molecule has 0 aromatic carbocycles. The summed E-state index contributed by atoms with van der Waals surface area (Å²) in [6, 6.07) is -0.625. The molecule has 0 aliphatic rings. The van der Waals surface area contributed by atoms with E-state index in [1.165, 1.54) is 14.2 Å². The van der Waals surface area contributed by atoms with Crippen LogP contribution in [0.25, 0.3) is 0 Å². The van der Waals surface area contributed by atoms with Crippen LogP contribution in [-0.4, -0.2) is 44.3 Å². The molecule has 0 rings (SSSR count). The molecule has 0 aromatic rings. The van der Waals surface area contributed by atoms with Gasteiger partial charge in [-0.2, -0.15) is 11.8 Å². The number of methoxy groups -OCH3 is 2. The van der Waals surface area contributed by atoms with E-state index in [9.17, 15) is 9.59 Å². The maximum atomic E-state index is 11.2. The lowest BCUT2D eigenvalue weighted by Crippen LogP contribution is -2.41. The number of carbonyl (C=O) groups is 2. The average molecular weight is 221 g/mol. The third-order valence-electron chi connectivity index (χ3n) is 1.57. The summed E-state index contributed by atoms with van der Waals surface area (Å²) in [5.74, 6) is 0.313. The van der Waals surface area contributed by atoms with Crippen molar-refractivity contribution in [3.8, 4) is 0 Å². The highest BCUT2D eigenvalue weighted by Crippen LogP contribution is 2.02. The molecule has 0 aromatic heterocycles. The van der Waals surface area contributed by atoms with Crippen LogP contribution in [0, 0.1) is 0 Å². The second kappa shape index (κ2) is 7.49. The Hall–Kier alpha value is -0.910. The third-order valence-corrected chi connectivity index (χ3v) is 2.22. The average Bonchev–Trinajstić information content (AvgIpc) is 2.22. The summed E-state index contributed by atoms with van der Waals surface area (Å²) < 4.78 is 8.93. The van der Waals surface area contributed by atoms with Gasteiger partial charge >= 0.3 is 12.1 Å². The van der Waals surface area contributed by atoms with Gasteiger partial charge in [0, 0.05) is 0 Å². The minimum absolute atomic E-state index is 0.454. The highest BCUT2D eigenvalue weighted by atomic mass is 32.2. The monoisotopic (exact) mass is 221 g/mol. The van der Waals surface area contributed by atoms with Gasteiger partial charge in [0.05, 0.1) is 14.2 Å². The molecule has 0 spiro atoms. The molecule has 0 radical (unpaired) electrons. The number of amides is 1. The van der Waals surface area contributed by atoms with E-state index in [1.807, 2.05) is 6.26 Å². The van der Waals surface area contributed by atoms with E-state index >= 15 is 0 Å². The zero-order valence-electron chi connectivity index (χ0n) is 8.53. The lowest BCUT2D eigenvalue weighted by Gasteiger charge is -2.14. The minimum atomic E-state index is -0.625. The van der Waals surface area contributed by atoms with E-state index in [2.05, 4.69) is 14.8 Å². The van der Waals surface area contributed by atoms with Crippen LogP contribution in [0.3, 0.4) is 0 Å². The Bertz CT molecular complexity index is 198. The van der Waals surface area contributed by atoms with Crippen molar-refractivity contribution in [2.24, 2.45) is 0 Å². The highest BCUT2D eigenvalue weighted by molar-refractivity contribution is 7.98. The van der Waals surface area contributed by atoms with Crippen molar-refractivity contribution in [1.29, 1.82) is 0 Å². The van der Waals surface area contributed by atoms with Gasteiger partial charge < -0.3 is 14.8 Å². The summed E-state index contributed by atoms with van der Waals surface area (Å²) >= 11 is 1.59. The van der Waals surface area contributed by atoms with E-state index in [4.69, 9.17) is 0 Å². The first kappa shape index (κ1) is 13.1. The van der Waals surface area contributed by atoms with Crippen LogP contribution in [0.2, 0.25) is 0 Å². The van der Waals surface area contributed by atoms with Crippen molar-refractivity contribution >= 4 is 23.8 Å². The molecule has 0 saturated heterocycles. The highest BCUT2D eigenvalue weighted by Gasteiger charge is 2.20. The van der Waals surface area contributed by atoms with Crippen molar-refractivity contribution in [1.82, 2.24) is 5.32 Å². The van der Waals surface area contributed by atoms with Crippen LogP contribution in [0.4, 0.5) is 4.79 Å². The second-order valence-corrected chi connectivity index (χ2v) is 3.48. The molecule has 0 bridgehead atoms. The SMILES string of the molecule is COC(=O)N[C@H](CCSC)C(=O)OC. The molecule has 1 amide bonds. The number of carbonyl (C=O) groups excluding carboxylic acids is 2. The van der Waals surface area contributed by atoms with E-state index in [0.29, 0.717) is 6.42 Å². The number of alkyl carbamates (subject to hydrolysis) is 1. The summed E-state index contributed by atoms with van der Waals surface area (Å²) in [6.07, 6.45) is 1.83. The molecular formula is C8H15NO4S. The number of nitrogens with one attached hydrogen (secondary N) is 1. The number of esters is 1. The quantitative estimate of drug-likeness (QED) is 0.690. The van der Waals surface area contributed by atoms with E-state index in [0.717, 1.165) is 5.75 Å². The largest absolute Gasteiger partial charge is 0.467 e. The lowest BCUT2D eigenvalue weighted by atomic mass is 10.2. The maximum absolute atomic E-state index is 11.2. The predicted molar refractivity (Wildman–Crippen MR) is 54.3 cm³/mol. The van der Waals surface area contributed by atoms with E-state index in [-0.39, 0.29) is 0 Å². The van der Waals surface area contributed by atoms with Crippen LogP contribution >= 0.6 is 11.8 Å². The first-order valence-electron chi connectivity index (χ1n) is 4.07. The second-order valence-electron chi connectivity index (χ2n) is 2.49. The van der Waals surface area contributed by atoms with Crippen LogP contribution in [0.5, 0.6) is 0 Å². The molecule has 5 nitrogen and oxygen atoms in total. The number of hydrogen-bond donors (Lipinski definition) is 1. The van der Waals surface area contributed by atoms with Crippen molar-refractivity contribution in [3.63, 3.8) is 0 Å². The molecule has 6 heteroatoms. The number of thioether (sulfide) groups is 1. The Balaban J connectivity index is 4.09. The molecular weight excluding hydrogens is 206 g/mol. The van der Waals surface area contributed by atoms with Crippen LogP contribution < -0.4 is 5.32 Å². The van der Waals surface area contributed by atoms with Crippen molar-refractivity contribution in [2.45, 2.75) is 12.5 Å². The van der Waals surface area contributed by atoms with Gasteiger partial charge in [0.15, 0.2) is 0 Å². The van der Waals surface area contributed by atoms with Gasteiger partial charge in [-0.15, -0.1) is 0 Å². The summed E-state index contributed by atoms with van der Waals surface area (Å²) in [5, 5.41) is 2.40. The molecule has 1 N–H and O–H groups in total. The standard InChI is InChI=1S/C8H15NO4S/c1-12-7(10)6(4-5-14-3)9-8(11)13-2/h6H,4-5H2,1-3H3,(H,9,11)/t6-/m1/s1. The van der Waals surface area contributed by atoms with Crippen LogP contribution in [0.1, 0.15) is 6.42 Å². The van der Waals surface area contributed by atoms with Crippen LogP contribution in [-0.2, 0) is 14.3 Å². The molecule has 0 aliphatic carbocycles. The molecule has 82 valence electrons. The Kier molecular flexibility index (Phi) is 7.00. The third kappa shape index (κ3) is 4.96. The minimum Gasteiger partial charge on any atom is -0.467 e. The van der Waals surface area contributed by atoms with E-state index in [1.54, 1.807) is 11.8 Å². The number of rotatable bonds is 5. The fourth-order valence-electron chi connectivity index (χ4n) is 0.828. The molecule has 0 fully saturated rings. The summed E-state index contributed by atoms with van der Waals surface area (Å²) in [6.45, 7) is 0. The lowest BCUT2D eigenvalue weighted by molar-refractivity contribution is -0.143. The first-order chi connectivity index (χ1) is 6.65. The summed E-state index contributed by atoms with van der Waals surface area (Å²) in [7, 11) is 2.53. The van der Waals surface area contributed by atoms with Crippen molar-refractivity contribution in [3.05, 3.63) is 0 Å². The van der Waals surface area contributed by atoms with Gasteiger partial charge in [0.2, 0.25) is 0 Å². The zero-order chi connectivity index (χ0) is 11.0. The van der Waals surface area contributed by atoms with Gasteiger partial charge in [-0.05, 0) is 18.4 Å². The van der Waals surface area contributed by atoms with Crippen molar-refractivity contribution < 1.29 is 19.1 Å². The smallest absolute Gasteiger partial charge is 0.407 e. The number of hydrogen-bond acceptors (Lipinski definition) is 5. The van der Waals surface area contributed by atoms with Gasteiger partial charge in [-0.1, -0.05) is 0 Å². The molecule has 1 atom stereocenters. The summed E-state index contributed by atoms with van der Waals surface area (Å²) in [4.78, 5) is 22.0. The molecule has 0 aliphatic heterocycles. The van der Waals surface area contributed by atoms with Gasteiger partial charge in [-0.3, -0.25) is 0 Å². The first-order valence-corrected chi connectivity index (χ1v) is 5.46. The molecule has 0 unspecified atom stereocenters. The molecule has 0 heterocycles. The van der Waals surface area contributed by atoms with Crippen LogP contribution in [0.15, 0.2) is 0 Å². The molecule has 14 heavy (non-hydrogen) atoms. The molecule has 0 saturated carbocycles. The van der Waals surface area contributed by atoms with Gasteiger partial charge in [0.1, 0.15) is 6.04 Å². The maximum Gasteiger partial charge on any atom is 0.407 e. The Morgan fingerprint density at radius 1 is 1.36 bits per heavy atom. The Morgan fingerprint density at radius 3 is 2.43 bits per heavy atom. The fourth-order valence-corrected chi connectivity index (χ4v) is 1.30. The predicted octanol–water partition coefficient (Wildman–Crippen LogP) is 0.637.